The Morgan fingerprint density at radius 1 is 1.37 bits per heavy atom. The first-order valence-corrected chi connectivity index (χ1v) is 6.82. The van der Waals surface area contributed by atoms with Crippen LogP contribution in [0.15, 0.2) is 12.1 Å². The Morgan fingerprint density at radius 3 is 3.05 bits per heavy atom. The van der Waals surface area contributed by atoms with Gasteiger partial charge in [0.15, 0.2) is 11.5 Å². The molecule has 0 saturated carbocycles. The molecule has 3 heterocycles. The van der Waals surface area contributed by atoms with Crippen molar-refractivity contribution in [2.24, 2.45) is 0 Å². The number of aromatic nitrogens is 4. The summed E-state index contributed by atoms with van der Waals surface area (Å²) in [5.41, 5.74) is 1.97. The topological polar surface area (TPSA) is 58.4 Å². The fraction of sp³-hybridized carbons (Fsp3) is 0.615. The third-order valence-electron chi connectivity index (χ3n) is 3.73. The van der Waals surface area contributed by atoms with Crippen LogP contribution >= 0.6 is 0 Å². The lowest BCUT2D eigenvalue weighted by atomic mass is 9.95. The third kappa shape index (κ3) is 2.46. The summed E-state index contributed by atoms with van der Waals surface area (Å²) in [5.74, 6) is 1.39. The van der Waals surface area contributed by atoms with Gasteiger partial charge < -0.3 is 10.2 Å². The van der Waals surface area contributed by atoms with E-state index < -0.39 is 0 Å². The van der Waals surface area contributed by atoms with Gasteiger partial charge >= 0.3 is 0 Å². The summed E-state index contributed by atoms with van der Waals surface area (Å²) in [7, 11) is 4.08. The van der Waals surface area contributed by atoms with Gasteiger partial charge in [0.2, 0.25) is 0 Å². The molecule has 0 aliphatic carbocycles. The summed E-state index contributed by atoms with van der Waals surface area (Å²) >= 11 is 0. The van der Waals surface area contributed by atoms with Crippen LogP contribution in [0, 0.1) is 0 Å². The molecule has 1 fully saturated rings. The number of piperidine rings is 1. The molecule has 1 atom stereocenters. The average molecular weight is 260 g/mol. The minimum atomic E-state index is 0.521. The number of hydrogen-bond acceptors (Lipinski definition) is 5. The van der Waals surface area contributed by atoms with Crippen molar-refractivity contribution in [1.82, 2.24) is 30.0 Å². The van der Waals surface area contributed by atoms with Gasteiger partial charge in [-0.05, 0) is 45.6 Å². The monoisotopic (exact) mass is 260 g/mol. The molecule has 102 valence electrons. The van der Waals surface area contributed by atoms with Crippen molar-refractivity contribution in [2.45, 2.75) is 25.3 Å². The molecule has 1 unspecified atom stereocenters. The van der Waals surface area contributed by atoms with E-state index in [1.54, 1.807) is 0 Å². The molecule has 0 aromatic carbocycles. The number of nitrogens with one attached hydrogen (secondary N) is 1. The first kappa shape index (κ1) is 12.5. The Labute approximate surface area is 112 Å². The number of rotatable bonds is 3. The average Bonchev–Trinajstić information content (AvgIpc) is 2.82. The zero-order valence-electron chi connectivity index (χ0n) is 11.5. The van der Waals surface area contributed by atoms with E-state index >= 15 is 0 Å². The standard InChI is InChI=1S/C13H20N6/c1-14-8-13-16-15-12-6-5-11(17-19(12)13)10-4-3-7-18(2)9-10/h5-6,10,14H,3-4,7-9H2,1-2H3. The smallest absolute Gasteiger partial charge is 0.177 e. The highest BCUT2D eigenvalue weighted by Gasteiger charge is 2.21. The second kappa shape index (κ2) is 5.22. The lowest BCUT2D eigenvalue weighted by Gasteiger charge is -2.29. The summed E-state index contributed by atoms with van der Waals surface area (Å²) < 4.78 is 1.86. The van der Waals surface area contributed by atoms with E-state index in [9.17, 15) is 0 Å². The van der Waals surface area contributed by atoms with Gasteiger partial charge in [0.05, 0.1) is 12.2 Å². The minimum absolute atomic E-state index is 0.521. The van der Waals surface area contributed by atoms with Gasteiger partial charge in [-0.1, -0.05) is 0 Å². The predicted octanol–water partition coefficient (Wildman–Crippen LogP) is 0.653. The lowest BCUT2D eigenvalue weighted by molar-refractivity contribution is 0.247. The van der Waals surface area contributed by atoms with E-state index in [2.05, 4.69) is 33.5 Å². The fourth-order valence-corrected chi connectivity index (χ4v) is 2.74. The van der Waals surface area contributed by atoms with E-state index in [1.165, 1.54) is 19.4 Å². The quantitative estimate of drug-likeness (QED) is 0.878. The number of likely N-dealkylation sites (tertiary alicyclic amines) is 1. The molecule has 0 radical (unpaired) electrons. The Balaban J connectivity index is 1.93. The van der Waals surface area contributed by atoms with Crippen molar-refractivity contribution < 1.29 is 0 Å². The van der Waals surface area contributed by atoms with Crippen LogP contribution in [0.25, 0.3) is 5.65 Å². The summed E-state index contributed by atoms with van der Waals surface area (Å²) in [5, 5.41) is 16.1. The molecule has 6 heteroatoms. The van der Waals surface area contributed by atoms with Crippen LogP contribution in [-0.4, -0.2) is 51.9 Å². The second-order valence-corrected chi connectivity index (χ2v) is 5.28. The van der Waals surface area contributed by atoms with Crippen LogP contribution in [0.5, 0.6) is 0 Å². The molecule has 2 aromatic rings. The van der Waals surface area contributed by atoms with E-state index in [0.717, 1.165) is 23.7 Å². The molecule has 0 amide bonds. The van der Waals surface area contributed by atoms with E-state index in [4.69, 9.17) is 5.10 Å². The van der Waals surface area contributed by atoms with Crippen LogP contribution < -0.4 is 5.32 Å². The van der Waals surface area contributed by atoms with Crippen molar-refractivity contribution in [3.63, 3.8) is 0 Å². The maximum absolute atomic E-state index is 4.74. The molecule has 1 aliphatic rings. The highest BCUT2D eigenvalue weighted by Crippen LogP contribution is 2.24. The van der Waals surface area contributed by atoms with Crippen molar-refractivity contribution in [1.29, 1.82) is 0 Å². The first-order valence-electron chi connectivity index (χ1n) is 6.82. The summed E-state index contributed by atoms with van der Waals surface area (Å²) in [6, 6.07) is 4.11. The molecule has 1 aliphatic heterocycles. The molecule has 1 saturated heterocycles. The number of likely N-dealkylation sites (N-methyl/N-ethyl adjacent to an activating group) is 1. The SMILES string of the molecule is CNCc1nnc2ccc(C3CCCN(C)C3)nn12. The molecule has 0 spiro atoms. The van der Waals surface area contributed by atoms with Gasteiger partial charge in [0.25, 0.3) is 0 Å². The number of hydrogen-bond donors (Lipinski definition) is 1. The highest BCUT2D eigenvalue weighted by atomic mass is 15.4. The largest absolute Gasteiger partial charge is 0.313 e. The molecular weight excluding hydrogens is 240 g/mol. The zero-order valence-corrected chi connectivity index (χ0v) is 11.5. The number of fused-ring (bicyclic) bond motifs is 1. The predicted molar refractivity (Wildman–Crippen MR) is 73.0 cm³/mol. The van der Waals surface area contributed by atoms with Gasteiger partial charge in [-0.15, -0.1) is 10.2 Å². The fourth-order valence-electron chi connectivity index (χ4n) is 2.74. The van der Waals surface area contributed by atoms with E-state index in [0.29, 0.717) is 12.5 Å². The maximum Gasteiger partial charge on any atom is 0.177 e. The highest BCUT2D eigenvalue weighted by molar-refractivity contribution is 5.36. The Kier molecular flexibility index (Phi) is 3.44. The molecule has 1 N–H and O–H groups in total. The van der Waals surface area contributed by atoms with Crippen LogP contribution in [0.1, 0.15) is 30.3 Å². The summed E-state index contributed by atoms with van der Waals surface area (Å²) in [6.07, 6.45) is 2.46. The maximum atomic E-state index is 4.74. The molecule has 6 nitrogen and oxygen atoms in total. The third-order valence-corrected chi connectivity index (χ3v) is 3.73. The van der Waals surface area contributed by atoms with Gasteiger partial charge in [0, 0.05) is 12.5 Å². The number of nitrogens with zero attached hydrogens (tertiary/aromatic N) is 5. The molecule has 2 aromatic heterocycles. The Hall–Kier alpha value is -1.53. The van der Waals surface area contributed by atoms with Gasteiger partial charge in [-0.3, -0.25) is 0 Å². The second-order valence-electron chi connectivity index (χ2n) is 5.28. The van der Waals surface area contributed by atoms with Crippen molar-refractivity contribution >= 4 is 5.65 Å². The first-order chi connectivity index (χ1) is 9.28. The summed E-state index contributed by atoms with van der Waals surface area (Å²) in [6.45, 7) is 2.96. The molecule has 3 rings (SSSR count). The lowest BCUT2D eigenvalue weighted by Crippen LogP contribution is -2.31. The van der Waals surface area contributed by atoms with E-state index in [1.807, 2.05) is 17.6 Å². The minimum Gasteiger partial charge on any atom is -0.313 e. The Bertz CT molecular complexity index is 563. The molecular formula is C13H20N6. The van der Waals surface area contributed by atoms with Crippen LogP contribution in [0.2, 0.25) is 0 Å². The molecule has 19 heavy (non-hydrogen) atoms. The van der Waals surface area contributed by atoms with Crippen LogP contribution in [0.4, 0.5) is 0 Å². The van der Waals surface area contributed by atoms with Crippen molar-refractivity contribution in [3.8, 4) is 0 Å². The van der Waals surface area contributed by atoms with Gasteiger partial charge in [-0.2, -0.15) is 9.61 Å². The van der Waals surface area contributed by atoms with Gasteiger partial charge in [0.1, 0.15) is 0 Å². The van der Waals surface area contributed by atoms with Gasteiger partial charge in [-0.25, -0.2) is 0 Å². The van der Waals surface area contributed by atoms with Crippen LogP contribution in [0.3, 0.4) is 0 Å². The zero-order chi connectivity index (χ0) is 13.2. The molecule has 0 bridgehead atoms. The van der Waals surface area contributed by atoms with Crippen LogP contribution in [-0.2, 0) is 6.54 Å². The van der Waals surface area contributed by atoms with Crippen molar-refractivity contribution in [2.75, 3.05) is 27.2 Å². The van der Waals surface area contributed by atoms with Crippen molar-refractivity contribution in [3.05, 3.63) is 23.7 Å². The van der Waals surface area contributed by atoms with E-state index in [-0.39, 0.29) is 0 Å². The normalized spacial score (nSPS) is 21.1. The Morgan fingerprint density at radius 2 is 2.26 bits per heavy atom. The summed E-state index contributed by atoms with van der Waals surface area (Å²) in [4.78, 5) is 2.38.